The van der Waals surface area contributed by atoms with Crippen LogP contribution in [0.3, 0.4) is 0 Å². The van der Waals surface area contributed by atoms with Gasteiger partial charge in [-0.3, -0.25) is 4.79 Å². The van der Waals surface area contributed by atoms with E-state index >= 15 is 0 Å². The molecule has 1 spiro atoms. The second kappa shape index (κ2) is 6.48. The van der Waals surface area contributed by atoms with E-state index < -0.39 is 5.66 Å². The minimum absolute atomic E-state index is 0.111. The maximum absolute atomic E-state index is 13.3. The Bertz CT molecular complexity index is 1000. The number of benzene rings is 2. The number of amides is 1. The number of hydrogen-bond donors (Lipinski definition) is 2. The molecule has 2 N–H and O–H groups in total. The van der Waals surface area contributed by atoms with Gasteiger partial charge in [0.2, 0.25) is 0 Å². The smallest absolute Gasteiger partial charge is 0.258 e. The van der Waals surface area contributed by atoms with Crippen molar-refractivity contribution < 1.29 is 9.18 Å². The van der Waals surface area contributed by atoms with Gasteiger partial charge in [0, 0.05) is 0 Å². The van der Waals surface area contributed by atoms with E-state index in [0.717, 1.165) is 31.4 Å². The van der Waals surface area contributed by atoms with Gasteiger partial charge in [0.25, 0.3) is 5.91 Å². The van der Waals surface area contributed by atoms with Crippen molar-refractivity contribution in [2.45, 2.75) is 37.3 Å². The van der Waals surface area contributed by atoms with Crippen LogP contribution in [0.4, 0.5) is 10.2 Å². The molecule has 5 nitrogen and oxygen atoms in total. The third kappa shape index (κ3) is 2.85. The minimum Gasteiger partial charge on any atom is -0.347 e. The highest BCUT2D eigenvalue weighted by atomic mass is 19.1. The molecule has 1 aliphatic carbocycles. The number of hydrogen-bond acceptors (Lipinski definition) is 3. The number of halogens is 1. The Morgan fingerprint density at radius 1 is 1.00 bits per heavy atom. The van der Waals surface area contributed by atoms with Gasteiger partial charge in [0.1, 0.15) is 22.9 Å². The fourth-order valence-electron chi connectivity index (χ4n) is 4.37. The van der Waals surface area contributed by atoms with Gasteiger partial charge < -0.3 is 10.6 Å². The first kappa shape index (κ1) is 17.0. The highest BCUT2D eigenvalue weighted by molar-refractivity contribution is 6.01. The van der Waals surface area contributed by atoms with Gasteiger partial charge >= 0.3 is 0 Å². The summed E-state index contributed by atoms with van der Waals surface area (Å²) in [5.74, 6) is 0.772. The van der Waals surface area contributed by atoms with Gasteiger partial charge in [0.05, 0.1) is 11.9 Å². The normalized spacial score (nSPS) is 23.8. The molecule has 5 rings (SSSR count). The molecule has 6 heteroatoms. The Hall–Kier alpha value is -3.15. The Kier molecular flexibility index (Phi) is 3.93. The van der Waals surface area contributed by atoms with E-state index in [2.05, 4.69) is 40.0 Å². The Morgan fingerprint density at radius 2 is 1.71 bits per heavy atom. The van der Waals surface area contributed by atoms with Crippen LogP contribution in [-0.4, -0.2) is 21.4 Å². The SMILES string of the molecule is O=C1NC2(CCC(c3ccccc3)CC2)Nc2c1cnn2-c1ccc(F)cc1. The topological polar surface area (TPSA) is 59.0 Å². The number of rotatable bonds is 2. The zero-order chi connectivity index (χ0) is 19.1. The molecule has 0 unspecified atom stereocenters. The molecule has 1 aliphatic heterocycles. The van der Waals surface area contributed by atoms with Crippen molar-refractivity contribution in [3.63, 3.8) is 0 Å². The average Bonchev–Trinajstić information content (AvgIpc) is 3.14. The molecule has 1 saturated carbocycles. The lowest BCUT2D eigenvalue weighted by molar-refractivity contribution is 0.0870. The van der Waals surface area contributed by atoms with Crippen LogP contribution in [0.2, 0.25) is 0 Å². The highest BCUT2D eigenvalue weighted by Gasteiger charge is 2.42. The second-order valence-electron chi connectivity index (χ2n) is 7.64. The van der Waals surface area contributed by atoms with Crippen LogP contribution in [-0.2, 0) is 0 Å². The van der Waals surface area contributed by atoms with E-state index in [-0.39, 0.29) is 11.7 Å². The van der Waals surface area contributed by atoms with Crippen LogP contribution in [0.25, 0.3) is 5.69 Å². The lowest BCUT2D eigenvalue weighted by Gasteiger charge is -2.44. The number of anilines is 1. The van der Waals surface area contributed by atoms with E-state index in [1.54, 1.807) is 23.0 Å². The van der Waals surface area contributed by atoms with Crippen LogP contribution < -0.4 is 10.6 Å². The molecule has 1 fully saturated rings. The Balaban J connectivity index is 1.41. The molecule has 2 heterocycles. The zero-order valence-corrected chi connectivity index (χ0v) is 15.4. The van der Waals surface area contributed by atoms with Gasteiger partial charge in [-0.15, -0.1) is 0 Å². The first-order valence-electron chi connectivity index (χ1n) is 9.63. The average molecular weight is 376 g/mol. The number of nitrogens with one attached hydrogen (secondary N) is 2. The first-order chi connectivity index (χ1) is 13.6. The molecule has 142 valence electrons. The molecule has 0 saturated heterocycles. The van der Waals surface area contributed by atoms with Gasteiger partial charge in [-0.2, -0.15) is 5.10 Å². The number of fused-ring (bicyclic) bond motifs is 1. The maximum atomic E-state index is 13.3. The lowest BCUT2D eigenvalue weighted by atomic mass is 9.77. The number of nitrogens with zero attached hydrogens (tertiary/aromatic N) is 2. The minimum atomic E-state index is -0.465. The first-order valence-corrected chi connectivity index (χ1v) is 9.63. The van der Waals surface area contributed by atoms with Crippen LogP contribution in [0.1, 0.15) is 47.5 Å². The van der Waals surface area contributed by atoms with Crippen molar-refractivity contribution in [3.8, 4) is 5.69 Å². The fourth-order valence-corrected chi connectivity index (χ4v) is 4.37. The van der Waals surface area contributed by atoms with Crippen molar-refractivity contribution in [1.82, 2.24) is 15.1 Å². The molecule has 2 aromatic carbocycles. The number of aromatic nitrogens is 2. The molecule has 0 atom stereocenters. The summed E-state index contributed by atoms with van der Waals surface area (Å²) < 4.78 is 15.0. The van der Waals surface area contributed by atoms with Crippen LogP contribution in [0.15, 0.2) is 60.8 Å². The molecular formula is C22H21FN4O. The molecule has 0 radical (unpaired) electrons. The molecule has 28 heavy (non-hydrogen) atoms. The van der Waals surface area contributed by atoms with E-state index in [4.69, 9.17) is 0 Å². The second-order valence-corrected chi connectivity index (χ2v) is 7.64. The number of carbonyl (C=O) groups is 1. The highest BCUT2D eigenvalue weighted by Crippen LogP contribution is 2.41. The molecule has 3 aromatic rings. The Morgan fingerprint density at radius 3 is 2.43 bits per heavy atom. The maximum Gasteiger partial charge on any atom is 0.258 e. The summed E-state index contributed by atoms with van der Waals surface area (Å²) in [7, 11) is 0. The quantitative estimate of drug-likeness (QED) is 0.704. The van der Waals surface area contributed by atoms with Crippen LogP contribution >= 0.6 is 0 Å². The fraction of sp³-hybridized carbons (Fsp3) is 0.273. The summed E-state index contributed by atoms with van der Waals surface area (Å²) in [5, 5.41) is 11.1. The summed E-state index contributed by atoms with van der Waals surface area (Å²) >= 11 is 0. The molecule has 1 amide bonds. The third-order valence-electron chi connectivity index (χ3n) is 5.91. The third-order valence-corrected chi connectivity index (χ3v) is 5.91. The largest absolute Gasteiger partial charge is 0.347 e. The number of carbonyl (C=O) groups excluding carboxylic acids is 1. The molecule has 1 aromatic heterocycles. The summed E-state index contributed by atoms with van der Waals surface area (Å²) in [6, 6.07) is 16.7. The summed E-state index contributed by atoms with van der Waals surface area (Å²) in [6.45, 7) is 0. The lowest BCUT2D eigenvalue weighted by Crippen LogP contribution is -2.59. The standard InChI is InChI=1S/C22H21FN4O/c23-17-6-8-18(9-7-17)27-20-19(14-24-27)21(28)26-22(25-20)12-10-16(11-13-22)15-4-2-1-3-5-15/h1-9,14,16,25H,10-13H2,(H,26,28). The van der Waals surface area contributed by atoms with Crippen molar-refractivity contribution in [2.24, 2.45) is 0 Å². The van der Waals surface area contributed by atoms with E-state index in [0.29, 0.717) is 17.3 Å². The predicted molar refractivity (Wildman–Crippen MR) is 105 cm³/mol. The summed E-state index contributed by atoms with van der Waals surface area (Å²) in [5.41, 5.74) is 2.13. The van der Waals surface area contributed by atoms with Crippen molar-refractivity contribution in [1.29, 1.82) is 0 Å². The molecule has 2 aliphatic rings. The van der Waals surface area contributed by atoms with Crippen LogP contribution in [0.5, 0.6) is 0 Å². The molecule has 0 bridgehead atoms. The monoisotopic (exact) mass is 376 g/mol. The van der Waals surface area contributed by atoms with Gasteiger partial charge in [-0.05, 0) is 61.4 Å². The van der Waals surface area contributed by atoms with Crippen LogP contribution in [0, 0.1) is 5.82 Å². The Labute approximate surface area is 162 Å². The van der Waals surface area contributed by atoms with Crippen molar-refractivity contribution in [2.75, 3.05) is 5.32 Å². The van der Waals surface area contributed by atoms with Gasteiger partial charge in [-0.25, -0.2) is 9.07 Å². The van der Waals surface area contributed by atoms with Gasteiger partial charge in [0.15, 0.2) is 0 Å². The van der Waals surface area contributed by atoms with Crippen molar-refractivity contribution in [3.05, 3.63) is 77.7 Å². The van der Waals surface area contributed by atoms with E-state index in [1.807, 2.05) is 6.07 Å². The van der Waals surface area contributed by atoms with E-state index in [9.17, 15) is 9.18 Å². The molecular weight excluding hydrogens is 355 g/mol. The van der Waals surface area contributed by atoms with Crippen molar-refractivity contribution >= 4 is 11.7 Å². The predicted octanol–water partition coefficient (Wildman–Crippen LogP) is 4.22. The van der Waals surface area contributed by atoms with E-state index in [1.165, 1.54) is 17.7 Å². The zero-order valence-electron chi connectivity index (χ0n) is 15.4. The summed E-state index contributed by atoms with van der Waals surface area (Å²) in [6.07, 6.45) is 5.23. The summed E-state index contributed by atoms with van der Waals surface area (Å²) in [4.78, 5) is 12.7. The van der Waals surface area contributed by atoms with Gasteiger partial charge in [-0.1, -0.05) is 30.3 Å².